The molecule has 0 amide bonds. The van der Waals surface area contributed by atoms with Gasteiger partial charge in [0.15, 0.2) is 5.75 Å². The summed E-state index contributed by atoms with van der Waals surface area (Å²) in [4.78, 5) is 0. The van der Waals surface area contributed by atoms with Crippen LogP contribution in [0.3, 0.4) is 0 Å². The van der Waals surface area contributed by atoms with Crippen molar-refractivity contribution in [1.29, 1.82) is 0 Å². The quantitative estimate of drug-likeness (QED) is 0.819. The van der Waals surface area contributed by atoms with Crippen molar-refractivity contribution in [2.75, 3.05) is 7.11 Å². The highest BCUT2D eigenvalue weighted by Crippen LogP contribution is 2.36. The third-order valence-corrected chi connectivity index (χ3v) is 3.12. The van der Waals surface area contributed by atoms with Crippen LogP contribution in [0.1, 0.15) is 5.56 Å². The summed E-state index contributed by atoms with van der Waals surface area (Å²) in [7, 11) is 1.60. The zero-order valence-corrected chi connectivity index (χ0v) is 12.2. The van der Waals surface area contributed by atoms with Crippen LogP contribution in [-0.2, 0) is 0 Å². The van der Waals surface area contributed by atoms with E-state index in [1.54, 1.807) is 19.2 Å². The third-order valence-electron chi connectivity index (χ3n) is 2.51. The van der Waals surface area contributed by atoms with E-state index in [1.165, 1.54) is 0 Å². The van der Waals surface area contributed by atoms with E-state index in [9.17, 15) is 5.11 Å². The molecule has 2 aromatic rings. The second-order valence-electron chi connectivity index (χ2n) is 4.02. The monoisotopic (exact) mass is 320 g/mol. The average molecular weight is 321 g/mol. The largest absolute Gasteiger partial charge is 0.505 e. The van der Waals surface area contributed by atoms with Gasteiger partial charge in [-0.2, -0.15) is 5.11 Å². The molecule has 0 unspecified atom stereocenters. The van der Waals surface area contributed by atoms with E-state index in [0.717, 1.165) is 5.56 Å². The molecule has 0 heterocycles. The number of hydrogen-bond donors (Lipinski definition) is 1. The van der Waals surface area contributed by atoms with Gasteiger partial charge in [-0.15, -0.1) is 5.11 Å². The topological polar surface area (TPSA) is 54.2 Å². The van der Waals surface area contributed by atoms with E-state index >= 15 is 0 Å². The number of methoxy groups -OCH3 is 1. The summed E-state index contributed by atoms with van der Waals surface area (Å²) >= 11 is 3.27. The van der Waals surface area contributed by atoms with Crippen LogP contribution in [0.4, 0.5) is 11.4 Å². The maximum Gasteiger partial charge on any atom is 0.157 e. The molecule has 0 aliphatic rings. The van der Waals surface area contributed by atoms with E-state index < -0.39 is 0 Å². The van der Waals surface area contributed by atoms with Crippen molar-refractivity contribution in [2.45, 2.75) is 6.92 Å². The first-order valence-electron chi connectivity index (χ1n) is 5.65. The van der Waals surface area contributed by atoms with Crippen LogP contribution in [0.5, 0.6) is 11.5 Å². The Kier molecular flexibility index (Phi) is 4.16. The standard InChI is InChI=1S/C14H13BrN2O2/c1-9-6-12(15)14(18)13(7-9)17-16-10-4-3-5-11(8-10)19-2/h3-8,18H,1-2H3. The minimum absolute atomic E-state index is 0.0808. The zero-order valence-electron chi connectivity index (χ0n) is 10.6. The van der Waals surface area contributed by atoms with Crippen molar-refractivity contribution >= 4 is 27.3 Å². The Hall–Kier alpha value is -1.88. The van der Waals surface area contributed by atoms with Crippen molar-refractivity contribution < 1.29 is 9.84 Å². The number of phenolic OH excluding ortho intramolecular Hbond substituents is 1. The Morgan fingerprint density at radius 2 is 1.95 bits per heavy atom. The Morgan fingerprint density at radius 1 is 1.16 bits per heavy atom. The molecule has 0 saturated heterocycles. The first-order chi connectivity index (χ1) is 9.10. The first-order valence-corrected chi connectivity index (χ1v) is 6.44. The molecule has 5 heteroatoms. The summed E-state index contributed by atoms with van der Waals surface area (Å²) in [5, 5.41) is 18.0. The molecular formula is C14H13BrN2O2. The number of aromatic hydroxyl groups is 1. The second kappa shape index (κ2) is 5.84. The van der Waals surface area contributed by atoms with Gasteiger partial charge in [0.2, 0.25) is 0 Å². The van der Waals surface area contributed by atoms with Gasteiger partial charge >= 0.3 is 0 Å². The van der Waals surface area contributed by atoms with Crippen LogP contribution in [-0.4, -0.2) is 12.2 Å². The lowest BCUT2D eigenvalue weighted by Gasteiger charge is -2.03. The van der Waals surface area contributed by atoms with Gasteiger partial charge in [-0.05, 0) is 52.7 Å². The summed E-state index contributed by atoms with van der Waals surface area (Å²) in [6.07, 6.45) is 0. The molecular weight excluding hydrogens is 308 g/mol. The molecule has 0 bridgehead atoms. The molecule has 2 rings (SSSR count). The lowest BCUT2D eigenvalue weighted by molar-refractivity contribution is 0.415. The number of benzene rings is 2. The number of ether oxygens (including phenoxy) is 1. The molecule has 98 valence electrons. The number of hydrogen-bond acceptors (Lipinski definition) is 4. The maximum atomic E-state index is 9.88. The Labute approximate surface area is 119 Å². The van der Waals surface area contributed by atoms with E-state index in [2.05, 4.69) is 26.2 Å². The van der Waals surface area contributed by atoms with Gasteiger partial charge < -0.3 is 9.84 Å². The summed E-state index contributed by atoms with van der Waals surface area (Å²) in [5.74, 6) is 0.795. The Bertz CT molecular complexity index is 627. The molecule has 1 N–H and O–H groups in total. The number of nitrogens with zero attached hydrogens (tertiary/aromatic N) is 2. The highest BCUT2D eigenvalue weighted by atomic mass is 79.9. The van der Waals surface area contributed by atoms with Crippen molar-refractivity contribution in [3.63, 3.8) is 0 Å². The average Bonchev–Trinajstić information content (AvgIpc) is 2.41. The Morgan fingerprint density at radius 3 is 2.68 bits per heavy atom. The molecule has 0 aliphatic carbocycles. The van der Waals surface area contributed by atoms with E-state index in [1.807, 2.05) is 31.2 Å². The summed E-state index contributed by atoms with van der Waals surface area (Å²) in [5.41, 5.74) is 2.08. The van der Waals surface area contributed by atoms with Crippen LogP contribution in [0, 0.1) is 6.92 Å². The van der Waals surface area contributed by atoms with Crippen molar-refractivity contribution in [1.82, 2.24) is 0 Å². The number of halogens is 1. The fourth-order valence-electron chi connectivity index (χ4n) is 1.58. The van der Waals surface area contributed by atoms with Crippen molar-refractivity contribution in [3.05, 3.63) is 46.4 Å². The molecule has 0 aromatic heterocycles. The van der Waals surface area contributed by atoms with Gasteiger partial charge in [-0.1, -0.05) is 6.07 Å². The van der Waals surface area contributed by atoms with Crippen LogP contribution < -0.4 is 4.74 Å². The zero-order chi connectivity index (χ0) is 13.8. The molecule has 0 radical (unpaired) electrons. The number of aryl methyl sites for hydroxylation is 1. The van der Waals surface area contributed by atoms with Crippen LogP contribution in [0.2, 0.25) is 0 Å². The van der Waals surface area contributed by atoms with Crippen LogP contribution in [0.15, 0.2) is 51.1 Å². The number of azo groups is 1. The fraction of sp³-hybridized carbons (Fsp3) is 0.143. The Balaban J connectivity index is 2.32. The lowest BCUT2D eigenvalue weighted by Crippen LogP contribution is -1.80. The highest BCUT2D eigenvalue weighted by Gasteiger charge is 2.05. The highest BCUT2D eigenvalue weighted by molar-refractivity contribution is 9.10. The smallest absolute Gasteiger partial charge is 0.157 e. The van der Waals surface area contributed by atoms with E-state index in [4.69, 9.17) is 4.74 Å². The number of phenols is 1. The minimum atomic E-state index is 0.0808. The molecule has 2 aromatic carbocycles. The fourth-order valence-corrected chi connectivity index (χ4v) is 2.14. The second-order valence-corrected chi connectivity index (χ2v) is 4.87. The van der Waals surface area contributed by atoms with Gasteiger partial charge in [0.1, 0.15) is 11.4 Å². The maximum absolute atomic E-state index is 9.88. The summed E-state index contributed by atoms with van der Waals surface area (Å²) in [6.45, 7) is 1.93. The predicted octanol–water partition coefficient (Wildman–Crippen LogP) is 4.89. The van der Waals surface area contributed by atoms with Gasteiger partial charge in [0.05, 0.1) is 17.3 Å². The first kappa shape index (κ1) is 13.5. The van der Waals surface area contributed by atoms with Crippen LogP contribution in [0.25, 0.3) is 0 Å². The van der Waals surface area contributed by atoms with Crippen LogP contribution >= 0.6 is 15.9 Å². The van der Waals surface area contributed by atoms with Gasteiger partial charge in [0, 0.05) is 6.07 Å². The predicted molar refractivity (Wildman–Crippen MR) is 77.7 cm³/mol. The van der Waals surface area contributed by atoms with E-state index in [0.29, 0.717) is 21.6 Å². The summed E-state index contributed by atoms with van der Waals surface area (Å²) in [6, 6.07) is 10.8. The van der Waals surface area contributed by atoms with Crippen molar-refractivity contribution in [2.24, 2.45) is 10.2 Å². The van der Waals surface area contributed by atoms with Gasteiger partial charge in [0.25, 0.3) is 0 Å². The summed E-state index contributed by atoms with van der Waals surface area (Å²) < 4.78 is 5.71. The third kappa shape index (κ3) is 3.32. The molecule has 0 saturated carbocycles. The molecule has 19 heavy (non-hydrogen) atoms. The van der Waals surface area contributed by atoms with Gasteiger partial charge in [-0.25, -0.2) is 0 Å². The molecule has 4 nitrogen and oxygen atoms in total. The molecule has 0 aliphatic heterocycles. The number of rotatable bonds is 3. The molecule has 0 atom stereocenters. The minimum Gasteiger partial charge on any atom is -0.505 e. The van der Waals surface area contributed by atoms with E-state index in [-0.39, 0.29) is 5.75 Å². The van der Waals surface area contributed by atoms with Crippen molar-refractivity contribution in [3.8, 4) is 11.5 Å². The molecule has 0 fully saturated rings. The SMILES string of the molecule is COc1cccc(N=Nc2cc(C)cc(Br)c2O)c1. The normalized spacial score (nSPS) is 10.9. The lowest BCUT2D eigenvalue weighted by atomic mass is 10.2. The molecule has 0 spiro atoms. The van der Waals surface area contributed by atoms with Gasteiger partial charge in [-0.3, -0.25) is 0 Å².